The predicted molar refractivity (Wildman–Crippen MR) is 76.4 cm³/mol. The lowest BCUT2D eigenvalue weighted by molar-refractivity contribution is -0.0420. The van der Waals surface area contributed by atoms with Crippen molar-refractivity contribution in [3.05, 3.63) is 0 Å². The van der Waals surface area contributed by atoms with Crippen molar-refractivity contribution >= 4 is 0 Å². The quantitative estimate of drug-likeness (QED) is 0.729. The first-order valence-corrected chi connectivity index (χ1v) is 7.24. The van der Waals surface area contributed by atoms with Crippen LogP contribution in [0, 0.1) is 0 Å². The highest BCUT2D eigenvalue weighted by molar-refractivity contribution is 4.77. The maximum atomic E-state index is 10.1. The van der Waals surface area contributed by atoms with Crippen LogP contribution in [-0.4, -0.2) is 86.7 Å². The monoisotopic (exact) mass is 274 g/mol. The van der Waals surface area contributed by atoms with Gasteiger partial charge >= 0.3 is 0 Å². The number of nitrogens with zero attached hydrogens (tertiary/aromatic N) is 2. The van der Waals surface area contributed by atoms with E-state index in [0.29, 0.717) is 25.8 Å². The van der Waals surface area contributed by atoms with Gasteiger partial charge in [0.25, 0.3) is 0 Å². The van der Waals surface area contributed by atoms with E-state index in [9.17, 15) is 5.11 Å². The minimum absolute atomic E-state index is 0.0346. The van der Waals surface area contributed by atoms with E-state index < -0.39 is 6.10 Å². The van der Waals surface area contributed by atoms with Gasteiger partial charge in [0.2, 0.25) is 0 Å². The summed E-state index contributed by atoms with van der Waals surface area (Å²) in [4.78, 5) is 4.72. The molecule has 0 spiro atoms. The third kappa shape index (κ3) is 6.68. The van der Waals surface area contributed by atoms with Crippen LogP contribution in [0.1, 0.15) is 20.3 Å². The van der Waals surface area contributed by atoms with Crippen molar-refractivity contribution in [2.75, 3.05) is 53.6 Å². The zero-order valence-electron chi connectivity index (χ0n) is 12.8. The molecular formula is C14H30N2O3. The molecule has 19 heavy (non-hydrogen) atoms. The second-order valence-corrected chi connectivity index (χ2v) is 5.71. The summed E-state index contributed by atoms with van der Waals surface area (Å²) in [6.07, 6.45) is 0.770. The Morgan fingerprint density at radius 1 is 1.32 bits per heavy atom. The summed E-state index contributed by atoms with van der Waals surface area (Å²) in [7, 11) is 3.82. The lowest BCUT2D eigenvalue weighted by atomic mass is 10.2. The van der Waals surface area contributed by atoms with Crippen LogP contribution >= 0.6 is 0 Å². The molecule has 114 valence electrons. The summed E-state index contributed by atoms with van der Waals surface area (Å²) in [6, 6.07) is 0.485. The molecule has 1 rings (SSSR count). The van der Waals surface area contributed by atoms with Crippen molar-refractivity contribution in [3.63, 3.8) is 0 Å². The molecule has 3 atom stereocenters. The number of methoxy groups -OCH3 is 1. The largest absolute Gasteiger partial charge is 0.389 e. The summed E-state index contributed by atoms with van der Waals surface area (Å²) in [5, 5.41) is 10.1. The Hall–Kier alpha value is -0.200. The molecule has 0 bridgehead atoms. The summed E-state index contributed by atoms with van der Waals surface area (Å²) in [5.74, 6) is 0. The second-order valence-electron chi connectivity index (χ2n) is 5.71. The number of aliphatic hydroxyl groups is 1. The fourth-order valence-electron chi connectivity index (χ4n) is 2.57. The Kier molecular flexibility index (Phi) is 7.87. The maximum absolute atomic E-state index is 10.1. The Bertz CT molecular complexity index is 241. The summed E-state index contributed by atoms with van der Waals surface area (Å²) >= 11 is 0. The van der Waals surface area contributed by atoms with E-state index in [1.54, 1.807) is 7.11 Å². The van der Waals surface area contributed by atoms with E-state index in [-0.39, 0.29) is 6.10 Å². The molecular weight excluding hydrogens is 244 g/mol. The van der Waals surface area contributed by atoms with Crippen LogP contribution in [0.5, 0.6) is 0 Å². The molecule has 1 aliphatic heterocycles. The minimum atomic E-state index is -0.426. The van der Waals surface area contributed by atoms with Gasteiger partial charge in [-0.2, -0.15) is 0 Å². The van der Waals surface area contributed by atoms with E-state index >= 15 is 0 Å². The van der Waals surface area contributed by atoms with Crippen LogP contribution in [-0.2, 0) is 9.47 Å². The number of hydrogen-bond acceptors (Lipinski definition) is 5. The average Bonchev–Trinajstić information content (AvgIpc) is 2.49. The molecule has 0 aromatic rings. The normalized spacial score (nSPS) is 26.1. The third-order valence-electron chi connectivity index (χ3n) is 3.60. The first kappa shape index (κ1) is 16.9. The molecule has 1 fully saturated rings. The standard InChI is InChI=1S/C14H30N2O3/c1-12-8-15(3)6-5-7-16(12)9-14(17)11-19-13(2)10-18-4/h12-14,17H,5-11H2,1-4H3. The zero-order valence-corrected chi connectivity index (χ0v) is 12.8. The number of β-amino-alcohol motifs (C(OH)–C–C–N with tert-alkyl or cyclic N) is 1. The SMILES string of the molecule is COCC(C)OCC(O)CN1CCCN(C)CC1C. The van der Waals surface area contributed by atoms with Gasteiger partial charge in [-0.25, -0.2) is 0 Å². The van der Waals surface area contributed by atoms with Crippen LogP contribution in [0.25, 0.3) is 0 Å². The van der Waals surface area contributed by atoms with Gasteiger partial charge in [-0.3, -0.25) is 4.90 Å². The number of hydrogen-bond donors (Lipinski definition) is 1. The molecule has 0 aromatic heterocycles. The molecule has 0 saturated carbocycles. The third-order valence-corrected chi connectivity index (χ3v) is 3.60. The lowest BCUT2D eigenvalue weighted by Gasteiger charge is -2.30. The molecule has 0 aliphatic carbocycles. The first-order valence-electron chi connectivity index (χ1n) is 7.24. The molecule has 0 aromatic carbocycles. The summed E-state index contributed by atoms with van der Waals surface area (Å²) in [6.45, 7) is 9.07. The van der Waals surface area contributed by atoms with Crippen molar-refractivity contribution in [2.45, 2.75) is 38.5 Å². The van der Waals surface area contributed by atoms with Gasteiger partial charge < -0.3 is 19.5 Å². The van der Waals surface area contributed by atoms with Crippen molar-refractivity contribution in [2.24, 2.45) is 0 Å². The molecule has 5 heteroatoms. The number of aliphatic hydroxyl groups excluding tert-OH is 1. The fraction of sp³-hybridized carbons (Fsp3) is 1.00. The number of likely N-dealkylation sites (N-methyl/N-ethyl adjacent to an activating group) is 1. The van der Waals surface area contributed by atoms with Gasteiger partial charge in [-0.15, -0.1) is 0 Å². The molecule has 3 unspecified atom stereocenters. The molecule has 0 amide bonds. The van der Waals surface area contributed by atoms with Gasteiger partial charge in [0.05, 0.1) is 25.4 Å². The van der Waals surface area contributed by atoms with E-state index in [1.807, 2.05) is 6.92 Å². The van der Waals surface area contributed by atoms with E-state index in [2.05, 4.69) is 23.8 Å². The van der Waals surface area contributed by atoms with E-state index in [0.717, 1.165) is 26.1 Å². The van der Waals surface area contributed by atoms with Crippen LogP contribution in [0.15, 0.2) is 0 Å². The zero-order chi connectivity index (χ0) is 14.3. The van der Waals surface area contributed by atoms with E-state index in [4.69, 9.17) is 9.47 Å². The fourth-order valence-corrected chi connectivity index (χ4v) is 2.57. The molecule has 5 nitrogen and oxygen atoms in total. The molecule has 1 heterocycles. The molecule has 1 saturated heterocycles. The smallest absolute Gasteiger partial charge is 0.0900 e. The van der Waals surface area contributed by atoms with Crippen molar-refractivity contribution in [1.82, 2.24) is 9.80 Å². The highest BCUT2D eigenvalue weighted by atomic mass is 16.5. The van der Waals surface area contributed by atoms with Crippen molar-refractivity contribution < 1.29 is 14.6 Å². The van der Waals surface area contributed by atoms with E-state index in [1.165, 1.54) is 0 Å². The Labute approximate surface area is 117 Å². The Morgan fingerprint density at radius 3 is 2.74 bits per heavy atom. The highest BCUT2D eigenvalue weighted by Gasteiger charge is 2.22. The van der Waals surface area contributed by atoms with Gasteiger partial charge in [0.1, 0.15) is 0 Å². The topological polar surface area (TPSA) is 45.2 Å². The van der Waals surface area contributed by atoms with Gasteiger partial charge in [-0.05, 0) is 40.4 Å². The molecule has 1 aliphatic rings. The summed E-state index contributed by atoms with van der Waals surface area (Å²) < 4.78 is 10.6. The average molecular weight is 274 g/mol. The predicted octanol–water partition coefficient (Wildman–Crippen LogP) is 0.425. The van der Waals surface area contributed by atoms with Gasteiger partial charge in [-0.1, -0.05) is 0 Å². The number of ether oxygens (including phenoxy) is 2. The molecule has 1 N–H and O–H groups in total. The molecule has 0 radical (unpaired) electrons. The van der Waals surface area contributed by atoms with Gasteiger partial charge in [0.15, 0.2) is 0 Å². The first-order chi connectivity index (χ1) is 9.02. The second kappa shape index (κ2) is 8.87. The maximum Gasteiger partial charge on any atom is 0.0900 e. The Balaban J connectivity index is 2.28. The van der Waals surface area contributed by atoms with Crippen LogP contribution in [0.4, 0.5) is 0 Å². The van der Waals surface area contributed by atoms with Crippen LogP contribution in [0.2, 0.25) is 0 Å². The minimum Gasteiger partial charge on any atom is -0.389 e. The van der Waals surface area contributed by atoms with Crippen molar-refractivity contribution in [3.8, 4) is 0 Å². The van der Waals surface area contributed by atoms with Crippen LogP contribution in [0.3, 0.4) is 0 Å². The number of rotatable bonds is 7. The van der Waals surface area contributed by atoms with Gasteiger partial charge in [0, 0.05) is 26.2 Å². The van der Waals surface area contributed by atoms with Crippen molar-refractivity contribution in [1.29, 1.82) is 0 Å². The Morgan fingerprint density at radius 2 is 2.05 bits per heavy atom. The summed E-state index contributed by atoms with van der Waals surface area (Å²) in [5.41, 5.74) is 0. The highest BCUT2D eigenvalue weighted by Crippen LogP contribution is 2.09. The lowest BCUT2D eigenvalue weighted by Crippen LogP contribution is -2.43. The van der Waals surface area contributed by atoms with Crippen LogP contribution < -0.4 is 0 Å².